The van der Waals surface area contributed by atoms with E-state index in [-0.39, 0.29) is 16.1 Å². The Labute approximate surface area is 116 Å². The number of hydrogen-bond donors (Lipinski definition) is 1. The van der Waals surface area contributed by atoms with Crippen LogP contribution in [0.25, 0.3) is 11.0 Å². The summed E-state index contributed by atoms with van der Waals surface area (Å²) in [5, 5.41) is 0.276. The van der Waals surface area contributed by atoms with Gasteiger partial charge in [0.05, 0.1) is 16.5 Å². The molecule has 4 nitrogen and oxygen atoms in total. The van der Waals surface area contributed by atoms with Crippen molar-refractivity contribution >= 4 is 28.4 Å². The van der Waals surface area contributed by atoms with Crippen LogP contribution < -0.4 is 0 Å². The van der Waals surface area contributed by atoms with Crippen molar-refractivity contribution in [3.63, 3.8) is 0 Å². The highest BCUT2D eigenvalue weighted by Gasteiger charge is 2.23. The van der Waals surface area contributed by atoms with E-state index in [0.29, 0.717) is 5.65 Å². The number of nitrogens with one attached hydrogen (secondary N) is 1. The lowest BCUT2D eigenvalue weighted by molar-refractivity contribution is 0.103. The van der Waals surface area contributed by atoms with Gasteiger partial charge in [-0.05, 0) is 12.1 Å². The summed E-state index contributed by atoms with van der Waals surface area (Å²) in [5.74, 6) is -2.68. The highest BCUT2D eigenvalue weighted by molar-refractivity contribution is 6.36. The summed E-state index contributed by atoms with van der Waals surface area (Å²) >= 11 is 5.90. The summed E-state index contributed by atoms with van der Waals surface area (Å²) in [5.41, 5.74) is -0.284. The third-order valence-electron chi connectivity index (χ3n) is 2.86. The van der Waals surface area contributed by atoms with Gasteiger partial charge in [0.15, 0.2) is 0 Å². The molecule has 0 unspecified atom stereocenters. The second kappa shape index (κ2) is 4.64. The molecule has 0 bridgehead atoms. The molecule has 0 saturated heterocycles. The highest BCUT2D eigenvalue weighted by atomic mass is 35.5. The maximum Gasteiger partial charge on any atom is 0.201 e. The molecule has 20 heavy (non-hydrogen) atoms. The average molecular weight is 294 g/mol. The molecule has 7 heteroatoms. The van der Waals surface area contributed by atoms with Crippen LogP contribution in [0, 0.1) is 11.6 Å². The monoisotopic (exact) mass is 293 g/mol. The Bertz CT molecular complexity index is 811. The Morgan fingerprint density at radius 3 is 2.60 bits per heavy atom. The molecule has 1 aromatic carbocycles. The molecule has 2 aromatic heterocycles. The zero-order valence-electron chi connectivity index (χ0n) is 9.82. The molecule has 1 N–H and O–H groups in total. The third kappa shape index (κ3) is 1.85. The number of benzene rings is 1. The lowest BCUT2D eigenvalue weighted by Crippen LogP contribution is -2.07. The van der Waals surface area contributed by atoms with Gasteiger partial charge in [0.1, 0.15) is 28.8 Å². The average Bonchev–Trinajstić information content (AvgIpc) is 2.83. The standard InChI is InChI=1S/C13H6ClF2N3O/c14-12-9-6(4-17-13(9)19-5-18-12)11(20)10-7(15)2-1-3-8(10)16/h1-5H,(H,17,18,19). The summed E-state index contributed by atoms with van der Waals surface area (Å²) < 4.78 is 27.3. The number of fused-ring (bicyclic) bond motifs is 1. The first-order chi connectivity index (χ1) is 9.59. The van der Waals surface area contributed by atoms with Crippen LogP contribution in [-0.2, 0) is 0 Å². The van der Waals surface area contributed by atoms with Gasteiger partial charge in [-0.25, -0.2) is 18.7 Å². The number of hydrogen-bond acceptors (Lipinski definition) is 3. The Kier molecular flexibility index (Phi) is 2.94. The van der Waals surface area contributed by atoms with E-state index in [4.69, 9.17) is 11.6 Å². The lowest BCUT2D eigenvalue weighted by atomic mass is 10.0. The molecule has 0 aliphatic heterocycles. The molecule has 0 radical (unpaired) electrons. The molecule has 3 aromatic rings. The highest BCUT2D eigenvalue weighted by Crippen LogP contribution is 2.26. The van der Waals surface area contributed by atoms with Crippen molar-refractivity contribution in [2.45, 2.75) is 0 Å². The van der Waals surface area contributed by atoms with Crippen molar-refractivity contribution in [1.29, 1.82) is 0 Å². The summed E-state index contributed by atoms with van der Waals surface area (Å²) in [6.45, 7) is 0. The van der Waals surface area contributed by atoms with Crippen LogP contribution in [0.3, 0.4) is 0 Å². The van der Waals surface area contributed by atoms with Gasteiger partial charge in [-0.1, -0.05) is 17.7 Å². The molecule has 0 spiro atoms. The Morgan fingerprint density at radius 2 is 1.90 bits per heavy atom. The molecular weight excluding hydrogens is 288 g/mol. The molecule has 0 fully saturated rings. The van der Waals surface area contributed by atoms with E-state index in [1.165, 1.54) is 18.6 Å². The second-order valence-electron chi connectivity index (χ2n) is 4.02. The number of aromatic nitrogens is 3. The van der Waals surface area contributed by atoms with Gasteiger partial charge in [0, 0.05) is 6.20 Å². The van der Waals surface area contributed by atoms with E-state index >= 15 is 0 Å². The Morgan fingerprint density at radius 1 is 1.20 bits per heavy atom. The number of carbonyl (C=O) groups excluding carboxylic acids is 1. The van der Waals surface area contributed by atoms with Crippen LogP contribution in [0.1, 0.15) is 15.9 Å². The van der Waals surface area contributed by atoms with Gasteiger partial charge in [0.25, 0.3) is 0 Å². The second-order valence-corrected chi connectivity index (χ2v) is 4.37. The summed E-state index contributed by atoms with van der Waals surface area (Å²) in [6.07, 6.45) is 2.53. The van der Waals surface area contributed by atoms with E-state index in [1.807, 2.05) is 0 Å². The number of H-pyrrole nitrogens is 1. The minimum atomic E-state index is -0.933. The maximum absolute atomic E-state index is 13.7. The fraction of sp³-hybridized carbons (Fsp3) is 0. The number of nitrogens with zero attached hydrogens (tertiary/aromatic N) is 2. The van der Waals surface area contributed by atoms with E-state index in [9.17, 15) is 13.6 Å². The maximum atomic E-state index is 13.7. The minimum Gasteiger partial charge on any atom is -0.345 e. The molecule has 0 atom stereocenters. The topological polar surface area (TPSA) is 58.6 Å². The molecule has 0 saturated carbocycles. The third-order valence-corrected chi connectivity index (χ3v) is 3.14. The predicted molar refractivity (Wildman–Crippen MR) is 68.7 cm³/mol. The van der Waals surface area contributed by atoms with Crippen molar-refractivity contribution in [3.05, 3.63) is 58.6 Å². The molecule has 3 rings (SSSR count). The minimum absolute atomic E-state index is 0.0228. The fourth-order valence-electron chi connectivity index (χ4n) is 1.95. The molecule has 0 amide bonds. The smallest absolute Gasteiger partial charge is 0.201 e. The Hall–Kier alpha value is -2.34. The van der Waals surface area contributed by atoms with E-state index in [2.05, 4.69) is 15.0 Å². The van der Waals surface area contributed by atoms with Gasteiger partial charge in [-0.2, -0.15) is 0 Å². The van der Waals surface area contributed by atoms with Gasteiger partial charge in [-0.15, -0.1) is 0 Å². The largest absolute Gasteiger partial charge is 0.345 e. The summed E-state index contributed by atoms with van der Waals surface area (Å²) in [4.78, 5) is 22.7. The van der Waals surface area contributed by atoms with E-state index < -0.39 is 23.0 Å². The number of rotatable bonds is 2. The van der Waals surface area contributed by atoms with Gasteiger partial charge < -0.3 is 4.98 Å². The lowest BCUT2D eigenvalue weighted by Gasteiger charge is -2.03. The number of carbonyl (C=O) groups is 1. The molecule has 2 heterocycles. The quantitative estimate of drug-likeness (QED) is 0.583. The summed E-state index contributed by atoms with van der Waals surface area (Å²) in [6, 6.07) is 3.22. The first-order valence-electron chi connectivity index (χ1n) is 5.56. The van der Waals surface area contributed by atoms with Crippen LogP contribution in [0.15, 0.2) is 30.7 Å². The van der Waals surface area contributed by atoms with Crippen LogP contribution in [0.2, 0.25) is 5.15 Å². The number of halogens is 3. The van der Waals surface area contributed by atoms with Crippen molar-refractivity contribution < 1.29 is 13.6 Å². The zero-order valence-corrected chi connectivity index (χ0v) is 10.6. The van der Waals surface area contributed by atoms with Crippen LogP contribution in [0.4, 0.5) is 8.78 Å². The van der Waals surface area contributed by atoms with E-state index in [0.717, 1.165) is 12.1 Å². The Balaban J connectivity index is 2.24. The SMILES string of the molecule is O=C(c1c(F)cccc1F)c1c[nH]c2ncnc(Cl)c12. The molecular formula is C13H6ClF2N3O. The first-order valence-corrected chi connectivity index (χ1v) is 5.93. The van der Waals surface area contributed by atoms with Gasteiger partial charge in [0.2, 0.25) is 5.78 Å². The van der Waals surface area contributed by atoms with E-state index in [1.54, 1.807) is 0 Å². The van der Waals surface area contributed by atoms with Crippen molar-refractivity contribution in [1.82, 2.24) is 15.0 Å². The number of aromatic amines is 1. The number of ketones is 1. The molecule has 100 valence electrons. The normalized spacial score (nSPS) is 10.9. The van der Waals surface area contributed by atoms with Gasteiger partial charge >= 0.3 is 0 Å². The van der Waals surface area contributed by atoms with Gasteiger partial charge in [-0.3, -0.25) is 4.79 Å². The van der Waals surface area contributed by atoms with Crippen LogP contribution in [-0.4, -0.2) is 20.7 Å². The first kappa shape index (κ1) is 12.7. The van der Waals surface area contributed by atoms with Crippen molar-refractivity contribution in [2.75, 3.05) is 0 Å². The molecule has 0 aliphatic carbocycles. The van der Waals surface area contributed by atoms with Crippen LogP contribution >= 0.6 is 11.6 Å². The van der Waals surface area contributed by atoms with Crippen LogP contribution in [0.5, 0.6) is 0 Å². The zero-order chi connectivity index (χ0) is 14.3. The summed E-state index contributed by atoms with van der Waals surface area (Å²) in [7, 11) is 0. The fourth-order valence-corrected chi connectivity index (χ4v) is 2.19. The molecule has 0 aliphatic rings. The van der Waals surface area contributed by atoms with Crippen molar-refractivity contribution in [2.24, 2.45) is 0 Å². The van der Waals surface area contributed by atoms with Crippen molar-refractivity contribution in [3.8, 4) is 0 Å². The predicted octanol–water partition coefficient (Wildman–Crippen LogP) is 3.12.